The van der Waals surface area contributed by atoms with E-state index in [-0.39, 0.29) is 6.04 Å². The van der Waals surface area contributed by atoms with Gasteiger partial charge in [-0.1, -0.05) is 38.8 Å². The van der Waals surface area contributed by atoms with Gasteiger partial charge in [-0.3, -0.25) is 0 Å². The zero-order chi connectivity index (χ0) is 14.5. The highest BCUT2D eigenvalue weighted by Gasteiger charge is 2.29. The van der Waals surface area contributed by atoms with E-state index in [9.17, 15) is 13.2 Å². The minimum Gasteiger partial charge on any atom is -0.327 e. The van der Waals surface area contributed by atoms with Gasteiger partial charge in [-0.2, -0.15) is 13.2 Å². The molecule has 1 nitrogen and oxygen atoms in total. The van der Waals surface area contributed by atoms with E-state index in [1.54, 1.807) is 0 Å². The fraction of sp³-hybridized carbons (Fsp3) is 0.600. The Morgan fingerprint density at radius 2 is 1.58 bits per heavy atom. The molecule has 0 radical (unpaired) electrons. The highest BCUT2D eigenvalue weighted by molar-refractivity contribution is 5.25. The lowest BCUT2D eigenvalue weighted by molar-refractivity contribution is -0.137. The number of nitrogens with two attached hydrogens (primary N) is 1. The van der Waals surface area contributed by atoms with Gasteiger partial charge in [0.05, 0.1) is 5.56 Å². The maximum absolute atomic E-state index is 12.4. The van der Waals surface area contributed by atoms with Gasteiger partial charge >= 0.3 is 6.18 Å². The molecule has 1 aromatic rings. The molecule has 0 aliphatic heterocycles. The molecule has 2 N–H and O–H groups in total. The first-order valence-electron chi connectivity index (χ1n) is 6.78. The van der Waals surface area contributed by atoms with Gasteiger partial charge in [0.2, 0.25) is 0 Å². The van der Waals surface area contributed by atoms with E-state index in [2.05, 4.69) is 13.8 Å². The SMILES string of the molecule is CCC(CC)CC(N)Cc1ccc(C(F)(F)F)cc1. The van der Waals surface area contributed by atoms with E-state index in [0.717, 1.165) is 37.0 Å². The monoisotopic (exact) mass is 273 g/mol. The molecule has 4 heteroatoms. The summed E-state index contributed by atoms with van der Waals surface area (Å²) in [4.78, 5) is 0. The zero-order valence-corrected chi connectivity index (χ0v) is 11.5. The molecule has 108 valence electrons. The van der Waals surface area contributed by atoms with Crippen LogP contribution >= 0.6 is 0 Å². The Kier molecular flexibility index (Phi) is 5.85. The van der Waals surface area contributed by atoms with Crippen molar-refractivity contribution in [2.24, 2.45) is 11.7 Å². The van der Waals surface area contributed by atoms with Crippen molar-refractivity contribution in [2.45, 2.75) is 51.7 Å². The van der Waals surface area contributed by atoms with Gasteiger partial charge in [-0.05, 0) is 36.5 Å². The standard InChI is InChI=1S/C15H22F3N/c1-3-11(4-2)9-14(19)10-12-5-7-13(8-6-12)15(16,17)18/h5-8,11,14H,3-4,9-10,19H2,1-2H3. The maximum atomic E-state index is 12.4. The van der Waals surface area contributed by atoms with E-state index < -0.39 is 11.7 Å². The fourth-order valence-corrected chi connectivity index (χ4v) is 2.27. The third-order valence-corrected chi connectivity index (χ3v) is 3.57. The topological polar surface area (TPSA) is 26.0 Å². The van der Waals surface area contributed by atoms with E-state index >= 15 is 0 Å². The van der Waals surface area contributed by atoms with Crippen molar-refractivity contribution < 1.29 is 13.2 Å². The minimum atomic E-state index is -4.27. The molecule has 0 heterocycles. The van der Waals surface area contributed by atoms with Crippen molar-refractivity contribution >= 4 is 0 Å². The molecular weight excluding hydrogens is 251 g/mol. The summed E-state index contributed by atoms with van der Waals surface area (Å²) in [5, 5.41) is 0. The van der Waals surface area contributed by atoms with Crippen LogP contribution < -0.4 is 5.73 Å². The van der Waals surface area contributed by atoms with E-state index in [4.69, 9.17) is 5.73 Å². The lowest BCUT2D eigenvalue weighted by Gasteiger charge is -2.18. The average molecular weight is 273 g/mol. The highest BCUT2D eigenvalue weighted by Crippen LogP contribution is 2.29. The second-order valence-electron chi connectivity index (χ2n) is 5.08. The Labute approximate surface area is 113 Å². The fourth-order valence-electron chi connectivity index (χ4n) is 2.27. The van der Waals surface area contributed by atoms with Gasteiger partial charge in [0, 0.05) is 6.04 Å². The number of hydrogen-bond acceptors (Lipinski definition) is 1. The molecule has 0 saturated carbocycles. The highest BCUT2D eigenvalue weighted by atomic mass is 19.4. The first-order chi connectivity index (χ1) is 8.86. The van der Waals surface area contributed by atoms with Crippen LogP contribution in [0.1, 0.15) is 44.2 Å². The van der Waals surface area contributed by atoms with Gasteiger partial charge in [0.1, 0.15) is 0 Å². The first-order valence-corrected chi connectivity index (χ1v) is 6.78. The van der Waals surface area contributed by atoms with Crippen molar-refractivity contribution in [3.8, 4) is 0 Å². The molecule has 1 aromatic carbocycles. The Morgan fingerprint density at radius 3 is 2.00 bits per heavy atom. The van der Waals surface area contributed by atoms with Crippen LogP contribution in [-0.4, -0.2) is 6.04 Å². The molecule has 0 aliphatic rings. The van der Waals surface area contributed by atoms with Gasteiger partial charge in [0.15, 0.2) is 0 Å². The van der Waals surface area contributed by atoms with Crippen molar-refractivity contribution in [3.63, 3.8) is 0 Å². The summed E-state index contributed by atoms with van der Waals surface area (Å²) in [7, 11) is 0. The number of halogens is 3. The summed E-state index contributed by atoms with van der Waals surface area (Å²) >= 11 is 0. The number of rotatable bonds is 6. The second-order valence-corrected chi connectivity index (χ2v) is 5.08. The van der Waals surface area contributed by atoms with E-state index in [1.807, 2.05) is 0 Å². The number of benzene rings is 1. The minimum absolute atomic E-state index is 0.0154. The molecule has 0 aromatic heterocycles. The van der Waals surface area contributed by atoms with Crippen LogP contribution in [0, 0.1) is 5.92 Å². The summed E-state index contributed by atoms with van der Waals surface area (Å²) in [5.41, 5.74) is 6.32. The Morgan fingerprint density at radius 1 is 1.05 bits per heavy atom. The molecule has 1 atom stereocenters. The van der Waals surface area contributed by atoms with Crippen molar-refractivity contribution in [3.05, 3.63) is 35.4 Å². The van der Waals surface area contributed by atoms with Gasteiger partial charge < -0.3 is 5.73 Å². The maximum Gasteiger partial charge on any atom is 0.416 e. The zero-order valence-electron chi connectivity index (χ0n) is 11.5. The van der Waals surface area contributed by atoms with Crippen LogP contribution in [-0.2, 0) is 12.6 Å². The van der Waals surface area contributed by atoms with Crippen molar-refractivity contribution in [1.29, 1.82) is 0 Å². The quantitative estimate of drug-likeness (QED) is 0.816. The Bertz CT molecular complexity index is 366. The summed E-state index contributed by atoms with van der Waals surface area (Å²) in [6, 6.07) is 5.31. The van der Waals surface area contributed by atoms with Gasteiger partial charge in [0.25, 0.3) is 0 Å². The summed E-state index contributed by atoms with van der Waals surface area (Å²) in [6.07, 6.45) is -0.521. The van der Waals surface area contributed by atoms with Crippen LogP contribution in [0.25, 0.3) is 0 Å². The van der Waals surface area contributed by atoms with Crippen LogP contribution in [0.5, 0.6) is 0 Å². The predicted octanol–water partition coefficient (Wildman–Crippen LogP) is 4.40. The molecule has 1 rings (SSSR count). The molecule has 0 bridgehead atoms. The van der Waals surface area contributed by atoms with Gasteiger partial charge in [-0.25, -0.2) is 0 Å². The predicted molar refractivity (Wildman–Crippen MR) is 71.8 cm³/mol. The molecule has 0 aliphatic carbocycles. The normalized spacial score (nSPS) is 13.8. The van der Waals surface area contributed by atoms with E-state index in [0.29, 0.717) is 12.3 Å². The first kappa shape index (κ1) is 16.0. The number of hydrogen-bond donors (Lipinski definition) is 1. The largest absolute Gasteiger partial charge is 0.416 e. The van der Waals surface area contributed by atoms with Gasteiger partial charge in [-0.15, -0.1) is 0 Å². The smallest absolute Gasteiger partial charge is 0.327 e. The van der Waals surface area contributed by atoms with Crippen molar-refractivity contribution in [1.82, 2.24) is 0 Å². The number of alkyl halides is 3. The molecular formula is C15H22F3N. The molecule has 0 saturated heterocycles. The molecule has 0 amide bonds. The molecule has 1 unspecified atom stereocenters. The van der Waals surface area contributed by atoms with Crippen LogP contribution in [0.3, 0.4) is 0 Å². The molecule has 19 heavy (non-hydrogen) atoms. The Balaban J connectivity index is 2.58. The van der Waals surface area contributed by atoms with Crippen LogP contribution in [0.2, 0.25) is 0 Å². The Hall–Kier alpha value is -1.03. The van der Waals surface area contributed by atoms with E-state index in [1.165, 1.54) is 12.1 Å². The van der Waals surface area contributed by atoms with Crippen molar-refractivity contribution in [2.75, 3.05) is 0 Å². The lowest BCUT2D eigenvalue weighted by Crippen LogP contribution is -2.25. The summed E-state index contributed by atoms with van der Waals surface area (Å²) in [5.74, 6) is 0.601. The average Bonchev–Trinajstić information content (AvgIpc) is 2.35. The van der Waals surface area contributed by atoms with Crippen LogP contribution in [0.4, 0.5) is 13.2 Å². The molecule has 0 spiro atoms. The van der Waals surface area contributed by atoms with Crippen LogP contribution in [0.15, 0.2) is 24.3 Å². The third-order valence-electron chi connectivity index (χ3n) is 3.57. The third kappa shape index (κ3) is 5.23. The second kappa shape index (κ2) is 6.94. The molecule has 0 fully saturated rings. The summed E-state index contributed by atoms with van der Waals surface area (Å²) < 4.78 is 37.3. The summed E-state index contributed by atoms with van der Waals surface area (Å²) in [6.45, 7) is 4.28. The lowest BCUT2D eigenvalue weighted by atomic mass is 9.92.